The summed E-state index contributed by atoms with van der Waals surface area (Å²) in [5, 5.41) is 0.724. The maximum Gasteiger partial charge on any atom is 0.151 e. The molecular weight excluding hydrogens is 342 g/mol. The van der Waals surface area contributed by atoms with Gasteiger partial charge in [0.05, 0.1) is 0 Å². The van der Waals surface area contributed by atoms with Gasteiger partial charge in [-0.05, 0) is 30.2 Å². The van der Waals surface area contributed by atoms with E-state index in [9.17, 15) is 0 Å². The van der Waals surface area contributed by atoms with Crippen LogP contribution in [-0.4, -0.2) is 52.0 Å². The first-order chi connectivity index (χ1) is 11.8. The fourth-order valence-corrected chi connectivity index (χ4v) is 4.05. The van der Waals surface area contributed by atoms with Crippen LogP contribution in [0.2, 0.25) is 5.02 Å². The molecule has 1 aliphatic heterocycles. The fourth-order valence-electron chi connectivity index (χ4n) is 3.05. The molecule has 1 fully saturated rings. The molecule has 0 saturated carbocycles. The Labute approximate surface area is 150 Å². The third kappa shape index (κ3) is 2.85. The van der Waals surface area contributed by atoms with Crippen molar-refractivity contribution in [2.45, 2.75) is 6.92 Å². The van der Waals surface area contributed by atoms with Gasteiger partial charge in [-0.1, -0.05) is 30.7 Å². The molecule has 0 bridgehead atoms. The molecular formula is C17H18ClN5S. The molecule has 0 amide bonds. The van der Waals surface area contributed by atoms with Crippen LogP contribution in [0.15, 0.2) is 30.6 Å². The highest BCUT2D eigenvalue weighted by Crippen LogP contribution is 2.34. The molecule has 0 N–H and O–H groups in total. The maximum absolute atomic E-state index is 5.99. The minimum atomic E-state index is 0.724. The molecule has 3 heterocycles. The van der Waals surface area contributed by atoms with Crippen LogP contribution in [0.3, 0.4) is 0 Å². The third-order valence-electron chi connectivity index (χ3n) is 4.47. The highest BCUT2D eigenvalue weighted by molar-refractivity contribution is 7.14. The minimum absolute atomic E-state index is 0.724. The van der Waals surface area contributed by atoms with E-state index < -0.39 is 0 Å². The van der Waals surface area contributed by atoms with Crippen LogP contribution in [0.5, 0.6) is 0 Å². The second-order valence-electron chi connectivity index (χ2n) is 5.83. The molecule has 4 rings (SSSR count). The predicted octanol–water partition coefficient (Wildman–Crippen LogP) is 3.55. The number of fused-ring (bicyclic) bond motifs is 1. The van der Waals surface area contributed by atoms with Crippen LogP contribution in [0.25, 0.3) is 21.5 Å². The highest BCUT2D eigenvalue weighted by Gasteiger charge is 2.21. The molecule has 7 heteroatoms. The first kappa shape index (κ1) is 15.7. The Morgan fingerprint density at radius 3 is 2.54 bits per heavy atom. The number of anilines is 1. The summed E-state index contributed by atoms with van der Waals surface area (Å²) in [6.45, 7) is 7.45. The number of piperazine rings is 1. The summed E-state index contributed by atoms with van der Waals surface area (Å²) in [5.74, 6) is 1.01. The zero-order valence-electron chi connectivity index (χ0n) is 13.4. The maximum atomic E-state index is 5.99. The van der Waals surface area contributed by atoms with E-state index in [4.69, 9.17) is 11.6 Å². The summed E-state index contributed by atoms with van der Waals surface area (Å²) in [5.41, 5.74) is 2.86. The number of rotatable bonds is 3. The molecule has 0 unspecified atom stereocenters. The predicted molar refractivity (Wildman–Crippen MR) is 100.0 cm³/mol. The van der Waals surface area contributed by atoms with Gasteiger partial charge >= 0.3 is 0 Å². The lowest BCUT2D eigenvalue weighted by Gasteiger charge is -2.34. The Bertz CT molecular complexity index is 840. The topological polar surface area (TPSA) is 45.2 Å². The van der Waals surface area contributed by atoms with Crippen LogP contribution < -0.4 is 4.90 Å². The Kier molecular flexibility index (Phi) is 4.35. The zero-order chi connectivity index (χ0) is 16.5. The van der Waals surface area contributed by atoms with Crippen LogP contribution in [0.4, 0.5) is 5.82 Å². The second-order valence-corrected chi connectivity index (χ2v) is 7.04. The normalized spacial score (nSPS) is 16.0. The molecule has 0 radical (unpaired) electrons. The van der Waals surface area contributed by atoms with Crippen molar-refractivity contribution < 1.29 is 0 Å². The van der Waals surface area contributed by atoms with E-state index in [1.807, 2.05) is 24.3 Å². The van der Waals surface area contributed by atoms with Gasteiger partial charge in [0.15, 0.2) is 5.82 Å². The largest absolute Gasteiger partial charge is 0.353 e. The average Bonchev–Trinajstić information content (AvgIpc) is 3.07. The van der Waals surface area contributed by atoms with Crippen molar-refractivity contribution in [3.05, 3.63) is 35.6 Å². The average molecular weight is 360 g/mol. The second kappa shape index (κ2) is 6.63. The molecule has 0 aliphatic carbocycles. The van der Waals surface area contributed by atoms with Gasteiger partial charge in [-0.25, -0.2) is 9.97 Å². The quantitative estimate of drug-likeness (QED) is 0.715. The zero-order valence-corrected chi connectivity index (χ0v) is 15.0. The highest BCUT2D eigenvalue weighted by atomic mass is 35.5. The monoisotopic (exact) mass is 359 g/mol. The van der Waals surface area contributed by atoms with Crippen LogP contribution in [0, 0.1) is 0 Å². The summed E-state index contributed by atoms with van der Waals surface area (Å²) in [6.07, 6.45) is 1.65. The molecule has 1 aliphatic rings. The first-order valence-electron chi connectivity index (χ1n) is 8.10. The van der Waals surface area contributed by atoms with E-state index in [0.29, 0.717) is 0 Å². The molecule has 3 aromatic rings. The van der Waals surface area contributed by atoms with Crippen LogP contribution in [-0.2, 0) is 0 Å². The fraction of sp³-hybridized carbons (Fsp3) is 0.353. The van der Waals surface area contributed by atoms with E-state index in [0.717, 1.165) is 65.0 Å². The smallest absolute Gasteiger partial charge is 0.151 e. The van der Waals surface area contributed by atoms with Gasteiger partial charge in [0.1, 0.15) is 22.2 Å². The van der Waals surface area contributed by atoms with Crippen LogP contribution >= 0.6 is 23.1 Å². The molecule has 5 nitrogen and oxygen atoms in total. The van der Waals surface area contributed by atoms with Gasteiger partial charge in [0, 0.05) is 36.8 Å². The number of hydrogen-bond donors (Lipinski definition) is 0. The van der Waals surface area contributed by atoms with Gasteiger partial charge in [0.2, 0.25) is 0 Å². The number of aromatic nitrogens is 3. The van der Waals surface area contributed by atoms with Crippen molar-refractivity contribution in [2.75, 3.05) is 37.6 Å². The summed E-state index contributed by atoms with van der Waals surface area (Å²) in [4.78, 5) is 13.8. The standard InChI is InChI=1S/C17H18ClN5S/c1-2-22-7-9-23(10-8-22)17-16-15(19-11-20-17)14(21-24-16)12-3-5-13(18)6-4-12/h3-6,11H,2,7-10H2,1H3. The van der Waals surface area contributed by atoms with Crippen LogP contribution in [0.1, 0.15) is 6.92 Å². The van der Waals surface area contributed by atoms with Crippen molar-refractivity contribution in [1.82, 2.24) is 19.2 Å². The van der Waals surface area contributed by atoms with Crippen molar-refractivity contribution in [3.8, 4) is 11.3 Å². The SMILES string of the molecule is CCN1CCN(c2ncnc3c(-c4ccc(Cl)cc4)nsc23)CC1. The van der Waals surface area contributed by atoms with E-state index in [1.165, 1.54) is 11.5 Å². The number of halogens is 1. The van der Waals surface area contributed by atoms with Gasteiger partial charge in [0.25, 0.3) is 0 Å². The number of hydrogen-bond acceptors (Lipinski definition) is 6. The summed E-state index contributed by atoms with van der Waals surface area (Å²) in [7, 11) is 0. The van der Waals surface area contributed by atoms with Crippen molar-refractivity contribution >= 4 is 39.2 Å². The molecule has 0 atom stereocenters. The van der Waals surface area contributed by atoms with Gasteiger partial charge in [-0.2, -0.15) is 4.37 Å². The number of benzene rings is 1. The first-order valence-corrected chi connectivity index (χ1v) is 9.25. The van der Waals surface area contributed by atoms with Crippen molar-refractivity contribution in [3.63, 3.8) is 0 Å². The van der Waals surface area contributed by atoms with Crippen molar-refractivity contribution in [2.24, 2.45) is 0 Å². The molecule has 1 aromatic carbocycles. The Morgan fingerprint density at radius 1 is 1.08 bits per heavy atom. The van der Waals surface area contributed by atoms with E-state index in [-0.39, 0.29) is 0 Å². The molecule has 2 aromatic heterocycles. The minimum Gasteiger partial charge on any atom is -0.353 e. The summed E-state index contributed by atoms with van der Waals surface area (Å²) >= 11 is 7.46. The summed E-state index contributed by atoms with van der Waals surface area (Å²) < 4.78 is 5.70. The van der Waals surface area contributed by atoms with Gasteiger partial charge < -0.3 is 9.80 Å². The lowest BCUT2D eigenvalue weighted by atomic mass is 10.1. The van der Waals surface area contributed by atoms with Gasteiger partial charge in [-0.15, -0.1) is 0 Å². The molecule has 1 saturated heterocycles. The molecule has 0 spiro atoms. The lowest BCUT2D eigenvalue weighted by Crippen LogP contribution is -2.46. The summed E-state index contributed by atoms with van der Waals surface area (Å²) in [6, 6.07) is 7.74. The third-order valence-corrected chi connectivity index (χ3v) is 5.56. The molecule has 24 heavy (non-hydrogen) atoms. The number of likely N-dealkylation sites (N-methyl/N-ethyl adjacent to an activating group) is 1. The Balaban J connectivity index is 1.70. The Morgan fingerprint density at radius 2 is 1.83 bits per heavy atom. The Hall–Kier alpha value is -1.76. The van der Waals surface area contributed by atoms with Gasteiger partial charge in [-0.3, -0.25) is 0 Å². The van der Waals surface area contributed by atoms with E-state index >= 15 is 0 Å². The van der Waals surface area contributed by atoms with E-state index in [1.54, 1.807) is 6.33 Å². The van der Waals surface area contributed by atoms with Crippen molar-refractivity contribution in [1.29, 1.82) is 0 Å². The number of nitrogens with zero attached hydrogens (tertiary/aromatic N) is 5. The molecule has 124 valence electrons. The lowest BCUT2D eigenvalue weighted by molar-refractivity contribution is 0.271. The van der Waals surface area contributed by atoms with E-state index in [2.05, 4.69) is 31.1 Å².